The molecule has 0 saturated carbocycles. The first-order chi connectivity index (χ1) is 16.1. The number of thioether (sulfide) groups is 1. The Morgan fingerprint density at radius 2 is 1.94 bits per heavy atom. The highest BCUT2D eigenvalue weighted by molar-refractivity contribution is 7.98. The van der Waals surface area contributed by atoms with E-state index in [1.165, 1.54) is 28.8 Å². The van der Waals surface area contributed by atoms with Crippen LogP contribution in [0.2, 0.25) is 0 Å². The van der Waals surface area contributed by atoms with E-state index in [0.29, 0.717) is 22.3 Å². The predicted octanol–water partition coefficient (Wildman–Crippen LogP) is 5.35. The van der Waals surface area contributed by atoms with E-state index in [1.54, 1.807) is 36.3 Å². The van der Waals surface area contributed by atoms with Crippen LogP contribution in [-0.4, -0.2) is 35.2 Å². The second-order valence-corrected chi connectivity index (χ2v) is 8.44. The maximum atomic E-state index is 13.1. The molecular weight excluding hydrogens is 467 g/mol. The minimum absolute atomic E-state index is 0.124. The topological polar surface area (TPSA) is 78.4 Å². The molecule has 0 spiro atoms. The molecule has 0 saturated heterocycles. The van der Waals surface area contributed by atoms with Gasteiger partial charge in [0.25, 0.3) is 5.91 Å². The van der Waals surface area contributed by atoms with Gasteiger partial charge in [-0.2, -0.15) is 13.2 Å². The van der Waals surface area contributed by atoms with Gasteiger partial charge in [-0.15, -0.1) is 0 Å². The zero-order chi connectivity index (χ0) is 24.6. The van der Waals surface area contributed by atoms with Crippen LogP contribution < -0.4 is 15.1 Å². The summed E-state index contributed by atoms with van der Waals surface area (Å²) in [4.78, 5) is 37.4. The number of anilines is 3. The van der Waals surface area contributed by atoms with Crippen LogP contribution in [0, 0.1) is 6.92 Å². The molecule has 1 aliphatic rings. The number of rotatable bonds is 4. The molecule has 0 fully saturated rings. The number of fused-ring (bicyclic) bond motifs is 1. The summed E-state index contributed by atoms with van der Waals surface area (Å²) in [6, 6.07) is 8.87. The van der Waals surface area contributed by atoms with Crippen molar-refractivity contribution in [3.8, 4) is 0 Å². The Morgan fingerprint density at radius 3 is 2.65 bits per heavy atom. The molecule has 34 heavy (non-hydrogen) atoms. The Balaban J connectivity index is 1.61. The Labute approximate surface area is 198 Å². The Hall–Kier alpha value is -3.60. The van der Waals surface area contributed by atoms with Crippen molar-refractivity contribution in [2.24, 2.45) is 0 Å². The molecule has 0 atom stereocenters. The van der Waals surface area contributed by atoms with E-state index in [2.05, 4.69) is 15.3 Å². The fraction of sp³-hybridized carbons (Fsp3) is 0.217. The van der Waals surface area contributed by atoms with E-state index in [0.717, 1.165) is 23.3 Å². The summed E-state index contributed by atoms with van der Waals surface area (Å²) < 4.78 is 39.0. The molecule has 2 heterocycles. The molecule has 3 aromatic rings. The molecule has 2 aromatic carbocycles. The number of hydrogen-bond donors (Lipinski definition) is 1. The number of alkyl halides is 3. The van der Waals surface area contributed by atoms with Crippen LogP contribution in [0.4, 0.5) is 35.2 Å². The third-order valence-electron chi connectivity index (χ3n) is 5.38. The molecule has 176 valence electrons. The Bertz CT molecular complexity index is 1280. The number of carbonyl (C=O) groups excluding carboxylic acids is 2. The summed E-state index contributed by atoms with van der Waals surface area (Å²) in [7, 11) is 1.62. The van der Waals surface area contributed by atoms with Crippen molar-refractivity contribution in [1.29, 1.82) is 0 Å². The van der Waals surface area contributed by atoms with E-state index in [-0.39, 0.29) is 18.1 Å². The van der Waals surface area contributed by atoms with Crippen LogP contribution in [0.25, 0.3) is 0 Å². The van der Waals surface area contributed by atoms with Crippen LogP contribution >= 0.6 is 11.8 Å². The molecule has 0 unspecified atom stereocenters. The van der Waals surface area contributed by atoms with E-state index >= 15 is 0 Å². The zero-order valence-corrected chi connectivity index (χ0v) is 19.3. The number of nitrogens with zero attached hydrogens (tertiary/aromatic N) is 4. The standard InChI is InChI=1S/C23H20F3N5O2S/c1-13-7-8-17(28-20(32)14-5-4-6-16(9-14)23(24,25)26)10-18(13)31-12-15-11-27-21(34-3)29-19(15)30(2)22(31)33/h4-11H,12H2,1-3H3,(H,28,32). The number of aryl methyl sites for hydroxylation is 1. The van der Waals surface area contributed by atoms with Crippen LogP contribution in [0.1, 0.15) is 27.0 Å². The van der Waals surface area contributed by atoms with Crippen molar-refractivity contribution in [2.75, 3.05) is 28.4 Å². The summed E-state index contributed by atoms with van der Waals surface area (Å²) in [5.74, 6) is -0.154. The number of urea groups is 1. The van der Waals surface area contributed by atoms with E-state index in [4.69, 9.17) is 0 Å². The number of aromatic nitrogens is 2. The lowest BCUT2D eigenvalue weighted by molar-refractivity contribution is -0.137. The van der Waals surface area contributed by atoms with Crippen molar-refractivity contribution in [3.63, 3.8) is 0 Å². The van der Waals surface area contributed by atoms with Gasteiger partial charge in [-0.1, -0.05) is 23.9 Å². The Kier molecular flexibility index (Phi) is 6.22. The number of halogens is 3. The second kappa shape index (κ2) is 8.98. The highest BCUT2D eigenvalue weighted by Crippen LogP contribution is 2.34. The van der Waals surface area contributed by atoms with E-state index in [1.807, 2.05) is 13.2 Å². The fourth-order valence-electron chi connectivity index (χ4n) is 3.60. The van der Waals surface area contributed by atoms with Crippen molar-refractivity contribution >= 4 is 40.9 Å². The maximum Gasteiger partial charge on any atom is 0.416 e. The van der Waals surface area contributed by atoms with Gasteiger partial charge in [-0.3, -0.25) is 14.6 Å². The fourth-order valence-corrected chi connectivity index (χ4v) is 3.93. The van der Waals surface area contributed by atoms with Crippen LogP contribution in [-0.2, 0) is 12.7 Å². The molecule has 3 amide bonds. The number of hydrogen-bond acceptors (Lipinski definition) is 5. The van der Waals surface area contributed by atoms with Crippen molar-refractivity contribution in [3.05, 3.63) is 70.9 Å². The first kappa shape index (κ1) is 23.6. The number of carbonyl (C=O) groups is 2. The molecule has 1 aromatic heterocycles. The van der Waals surface area contributed by atoms with Gasteiger partial charge in [-0.25, -0.2) is 14.8 Å². The molecule has 1 N–H and O–H groups in total. The second-order valence-electron chi connectivity index (χ2n) is 7.67. The highest BCUT2D eigenvalue weighted by Gasteiger charge is 2.32. The summed E-state index contributed by atoms with van der Waals surface area (Å²) in [6.45, 7) is 2.06. The van der Waals surface area contributed by atoms with E-state index < -0.39 is 17.6 Å². The average Bonchev–Trinajstić information content (AvgIpc) is 2.82. The summed E-state index contributed by atoms with van der Waals surface area (Å²) >= 11 is 1.38. The number of nitrogens with one attached hydrogen (secondary N) is 1. The minimum atomic E-state index is -4.55. The van der Waals surface area contributed by atoms with Crippen molar-refractivity contribution in [2.45, 2.75) is 24.8 Å². The van der Waals surface area contributed by atoms with Crippen LogP contribution in [0.5, 0.6) is 0 Å². The highest BCUT2D eigenvalue weighted by atomic mass is 32.2. The SMILES string of the molecule is CSc1ncc2c(n1)N(C)C(=O)N(c1cc(NC(=O)c3cccc(C(F)(F)F)c3)ccc1C)C2. The van der Waals surface area contributed by atoms with Gasteiger partial charge in [0.1, 0.15) is 5.82 Å². The lowest BCUT2D eigenvalue weighted by atomic mass is 10.1. The largest absolute Gasteiger partial charge is 0.416 e. The van der Waals surface area contributed by atoms with Crippen LogP contribution in [0.15, 0.2) is 53.8 Å². The van der Waals surface area contributed by atoms with Gasteiger partial charge in [0.15, 0.2) is 5.16 Å². The molecule has 1 aliphatic heterocycles. The smallest absolute Gasteiger partial charge is 0.322 e. The third kappa shape index (κ3) is 4.56. The third-order valence-corrected chi connectivity index (χ3v) is 5.94. The summed E-state index contributed by atoms with van der Waals surface area (Å²) in [5, 5.41) is 3.18. The van der Waals surface area contributed by atoms with Gasteiger partial charge >= 0.3 is 12.2 Å². The lowest BCUT2D eigenvalue weighted by Gasteiger charge is -2.34. The molecule has 0 aliphatic carbocycles. The van der Waals surface area contributed by atoms with Gasteiger partial charge in [0.2, 0.25) is 0 Å². The predicted molar refractivity (Wildman–Crippen MR) is 124 cm³/mol. The molecule has 7 nitrogen and oxygen atoms in total. The van der Waals surface area contributed by atoms with Gasteiger partial charge < -0.3 is 5.32 Å². The zero-order valence-electron chi connectivity index (χ0n) is 18.5. The molecule has 0 bridgehead atoms. The first-order valence-corrected chi connectivity index (χ1v) is 11.4. The quantitative estimate of drug-likeness (QED) is 0.396. The summed E-state index contributed by atoms with van der Waals surface area (Å²) in [5.41, 5.74) is 1.41. The van der Waals surface area contributed by atoms with Crippen molar-refractivity contribution in [1.82, 2.24) is 9.97 Å². The molecular formula is C23H20F3N5O2S. The lowest BCUT2D eigenvalue weighted by Crippen LogP contribution is -2.46. The maximum absolute atomic E-state index is 13.1. The molecule has 11 heteroatoms. The average molecular weight is 488 g/mol. The van der Waals surface area contributed by atoms with Gasteiger partial charge in [-0.05, 0) is 49.1 Å². The number of amides is 3. The first-order valence-electron chi connectivity index (χ1n) is 10.1. The Morgan fingerprint density at radius 1 is 1.18 bits per heavy atom. The minimum Gasteiger partial charge on any atom is -0.322 e. The van der Waals surface area contributed by atoms with Gasteiger partial charge in [0, 0.05) is 30.1 Å². The number of benzene rings is 2. The van der Waals surface area contributed by atoms with Gasteiger partial charge in [0.05, 0.1) is 17.8 Å². The molecule has 0 radical (unpaired) electrons. The normalized spacial score (nSPS) is 13.6. The monoisotopic (exact) mass is 487 g/mol. The van der Waals surface area contributed by atoms with E-state index in [9.17, 15) is 22.8 Å². The van der Waals surface area contributed by atoms with Crippen molar-refractivity contribution < 1.29 is 22.8 Å². The summed E-state index contributed by atoms with van der Waals surface area (Å²) in [6.07, 6.45) is -1.02. The van der Waals surface area contributed by atoms with Crippen LogP contribution in [0.3, 0.4) is 0 Å². The molecule has 4 rings (SSSR count).